The maximum absolute atomic E-state index is 13.0. The first-order chi connectivity index (χ1) is 18.7. The molecule has 1 saturated heterocycles. The SMILES string of the molecule is NC(=O)C(NC1CCC(c2c[nH]c3ccccc23)CC1)C1CCN(C(=O)Nc2cccc(C(F)(F)F)c2)CC1. The highest BCUT2D eigenvalue weighted by molar-refractivity contribution is 5.89. The van der Waals surface area contributed by atoms with E-state index in [-0.39, 0.29) is 23.6 Å². The zero-order valence-corrected chi connectivity index (χ0v) is 21.6. The molecular formula is C29H34F3N5O2. The summed E-state index contributed by atoms with van der Waals surface area (Å²) in [5, 5.41) is 7.36. The Balaban J connectivity index is 1.12. The van der Waals surface area contributed by atoms with Gasteiger partial charge in [0.2, 0.25) is 5.91 Å². The zero-order chi connectivity index (χ0) is 27.6. The molecule has 2 heterocycles. The van der Waals surface area contributed by atoms with Gasteiger partial charge in [-0.2, -0.15) is 13.2 Å². The summed E-state index contributed by atoms with van der Waals surface area (Å²) in [4.78, 5) is 30.0. The topological polar surface area (TPSA) is 103 Å². The van der Waals surface area contributed by atoms with E-state index >= 15 is 0 Å². The number of alkyl halides is 3. The van der Waals surface area contributed by atoms with Crippen LogP contribution in [0.3, 0.4) is 0 Å². The van der Waals surface area contributed by atoms with Gasteiger partial charge < -0.3 is 26.3 Å². The summed E-state index contributed by atoms with van der Waals surface area (Å²) in [5.74, 6) is 0.0804. The number of anilines is 1. The number of benzene rings is 2. The van der Waals surface area contributed by atoms with Gasteiger partial charge in [0.05, 0.1) is 11.6 Å². The first kappa shape index (κ1) is 27.1. The van der Waals surface area contributed by atoms with Crippen LogP contribution in [0.5, 0.6) is 0 Å². The molecule has 10 heteroatoms. The number of piperidine rings is 1. The molecule has 5 N–H and O–H groups in total. The molecule has 1 saturated carbocycles. The van der Waals surface area contributed by atoms with Crippen molar-refractivity contribution in [1.29, 1.82) is 0 Å². The molecule has 7 nitrogen and oxygen atoms in total. The van der Waals surface area contributed by atoms with Crippen LogP contribution in [0.1, 0.15) is 55.6 Å². The molecule has 39 heavy (non-hydrogen) atoms. The number of carbonyl (C=O) groups is 2. The number of rotatable bonds is 6. The number of fused-ring (bicyclic) bond motifs is 1. The number of halogens is 3. The molecule has 0 radical (unpaired) electrons. The maximum Gasteiger partial charge on any atom is 0.416 e. The van der Waals surface area contributed by atoms with Crippen LogP contribution >= 0.6 is 0 Å². The molecule has 208 valence electrons. The predicted octanol–water partition coefficient (Wildman–Crippen LogP) is 5.60. The molecular weight excluding hydrogens is 507 g/mol. The van der Waals surface area contributed by atoms with E-state index in [0.29, 0.717) is 31.8 Å². The molecule has 2 aromatic carbocycles. The van der Waals surface area contributed by atoms with Crippen LogP contribution in [0.2, 0.25) is 0 Å². The Morgan fingerprint density at radius 3 is 2.38 bits per heavy atom. The number of amides is 3. The lowest BCUT2D eigenvalue weighted by molar-refractivity contribution is -0.137. The van der Waals surface area contributed by atoms with Crippen molar-refractivity contribution in [3.05, 3.63) is 65.9 Å². The minimum absolute atomic E-state index is 0.00792. The predicted molar refractivity (Wildman–Crippen MR) is 144 cm³/mol. The van der Waals surface area contributed by atoms with Gasteiger partial charge in [-0.3, -0.25) is 4.79 Å². The van der Waals surface area contributed by atoms with Crippen LogP contribution in [0.25, 0.3) is 10.9 Å². The van der Waals surface area contributed by atoms with Crippen LogP contribution in [0, 0.1) is 5.92 Å². The molecule has 5 rings (SSSR count). The lowest BCUT2D eigenvalue weighted by Gasteiger charge is -2.38. The largest absolute Gasteiger partial charge is 0.416 e. The Morgan fingerprint density at radius 1 is 0.974 bits per heavy atom. The Hall–Kier alpha value is -3.53. The fourth-order valence-corrected chi connectivity index (χ4v) is 6.12. The van der Waals surface area contributed by atoms with Gasteiger partial charge in [-0.05, 0) is 80.2 Å². The van der Waals surface area contributed by atoms with Crippen molar-refractivity contribution in [2.75, 3.05) is 18.4 Å². The number of nitrogens with one attached hydrogen (secondary N) is 3. The smallest absolute Gasteiger partial charge is 0.368 e. The Labute approximate surface area is 225 Å². The number of H-pyrrole nitrogens is 1. The number of urea groups is 1. The van der Waals surface area contributed by atoms with E-state index in [2.05, 4.69) is 40.0 Å². The van der Waals surface area contributed by atoms with E-state index in [9.17, 15) is 22.8 Å². The average Bonchev–Trinajstić information content (AvgIpc) is 3.36. The number of nitrogens with zero attached hydrogens (tertiary/aromatic N) is 1. The molecule has 1 aromatic heterocycles. The van der Waals surface area contributed by atoms with Gasteiger partial charge in [0.15, 0.2) is 0 Å². The van der Waals surface area contributed by atoms with E-state index in [4.69, 9.17) is 5.73 Å². The minimum atomic E-state index is -4.48. The molecule has 2 fully saturated rings. The number of primary amides is 1. The molecule has 0 bridgehead atoms. The molecule has 1 aliphatic heterocycles. The average molecular weight is 542 g/mol. The highest BCUT2D eigenvalue weighted by Gasteiger charge is 2.35. The van der Waals surface area contributed by atoms with E-state index in [1.165, 1.54) is 23.1 Å². The summed E-state index contributed by atoms with van der Waals surface area (Å²) in [7, 11) is 0. The Bertz CT molecular complexity index is 1310. The third kappa shape index (κ3) is 6.21. The molecule has 0 spiro atoms. The summed E-state index contributed by atoms with van der Waals surface area (Å²) < 4.78 is 39.0. The van der Waals surface area contributed by atoms with E-state index < -0.39 is 23.8 Å². The van der Waals surface area contributed by atoms with Gasteiger partial charge in [0.25, 0.3) is 0 Å². The third-order valence-corrected chi connectivity index (χ3v) is 8.25. The quantitative estimate of drug-likeness (QED) is 0.327. The number of para-hydroxylation sites is 1. The van der Waals surface area contributed by atoms with Crippen molar-refractivity contribution in [3.8, 4) is 0 Å². The highest BCUT2D eigenvalue weighted by Crippen LogP contribution is 2.37. The van der Waals surface area contributed by atoms with Gasteiger partial charge in [-0.25, -0.2) is 4.79 Å². The summed E-state index contributed by atoms with van der Waals surface area (Å²) in [6.07, 6.45) is 2.76. The lowest BCUT2D eigenvalue weighted by atomic mass is 9.80. The van der Waals surface area contributed by atoms with Crippen LogP contribution in [0.4, 0.5) is 23.7 Å². The molecule has 1 unspecified atom stereocenters. The van der Waals surface area contributed by atoms with Crippen LogP contribution in [-0.2, 0) is 11.0 Å². The second kappa shape index (κ2) is 11.3. The van der Waals surface area contributed by atoms with Gasteiger partial charge in [0.1, 0.15) is 0 Å². The maximum atomic E-state index is 13.0. The molecule has 2 aliphatic rings. The van der Waals surface area contributed by atoms with E-state index in [1.807, 2.05) is 6.07 Å². The number of nitrogens with two attached hydrogens (primary N) is 1. The molecule has 3 amide bonds. The van der Waals surface area contributed by atoms with Crippen LogP contribution in [-0.4, -0.2) is 47.0 Å². The summed E-state index contributed by atoms with van der Waals surface area (Å²) in [6.45, 7) is 0.794. The lowest BCUT2D eigenvalue weighted by Crippen LogP contribution is -2.54. The standard InChI is InChI=1S/C29H34F3N5O2/c30-29(31,32)20-4-3-5-22(16-20)36-28(39)37-14-12-19(13-15-37)26(27(33)38)35-21-10-8-18(9-11-21)24-17-34-25-7-2-1-6-23(24)25/h1-7,16-19,21,26,34-35H,8-15H2,(H2,33,38)(H,36,39). The monoisotopic (exact) mass is 541 g/mol. The van der Waals surface area contributed by atoms with Gasteiger partial charge in [-0.1, -0.05) is 24.3 Å². The molecule has 3 aromatic rings. The second-order valence-corrected chi connectivity index (χ2v) is 10.7. The number of aromatic amines is 1. The molecule has 1 aliphatic carbocycles. The number of likely N-dealkylation sites (tertiary alicyclic amines) is 1. The van der Waals surface area contributed by atoms with Crippen molar-refractivity contribution in [3.63, 3.8) is 0 Å². The van der Waals surface area contributed by atoms with Gasteiger partial charge >= 0.3 is 12.2 Å². The van der Waals surface area contributed by atoms with Gasteiger partial charge in [0, 0.05) is 41.9 Å². The Morgan fingerprint density at radius 2 is 1.69 bits per heavy atom. The molecule has 1 atom stereocenters. The van der Waals surface area contributed by atoms with E-state index in [0.717, 1.165) is 43.3 Å². The minimum Gasteiger partial charge on any atom is -0.368 e. The van der Waals surface area contributed by atoms with Crippen LogP contribution < -0.4 is 16.4 Å². The second-order valence-electron chi connectivity index (χ2n) is 10.7. The van der Waals surface area contributed by atoms with Crippen LogP contribution in [0.15, 0.2) is 54.7 Å². The van der Waals surface area contributed by atoms with Gasteiger partial charge in [-0.15, -0.1) is 0 Å². The van der Waals surface area contributed by atoms with Crippen molar-refractivity contribution in [2.24, 2.45) is 11.7 Å². The third-order valence-electron chi connectivity index (χ3n) is 8.25. The van der Waals surface area contributed by atoms with Crippen molar-refractivity contribution in [2.45, 2.75) is 62.7 Å². The number of hydrogen-bond donors (Lipinski definition) is 4. The van der Waals surface area contributed by atoms with E-state index in [1.54, 1.807) is 4.90 Å². The normalized spacial score (nSPS) is 21.6. The van der Waals surface area contributed by atoms with Crippen molar-refractivity contribution in [1.82, 2.24) is 15.2 Å². The zero-order valence-electron chi connectivity index (χ0n) is 21.6. The number of hydrogen-bond acceptors (Lipinski definition) is 3. The first-order valence-electron chi connectivity index (χ1n) is 13.5. The summed E-state index contributed by atoms with van der Waals surface area (Å²) >= 11 is 0. The number of aromatic nitrogens is 1. The van der Waals surface area contributed by atoms with Crippen molar-refractivity contribution >= 4 is 28.5 Å². The fourth-order valence-electron chi connectivity index (χ4n) is 6.12. The summed E-state index contributed by atoms with van der Waals surface area (Å²) in [6, 6.07) is 12.2. The summed E-state index contributed by atoms with van der Waals surface area (Å²) in [5.41, 5.74) is 7.59. The van der Waals surface area contributed by atoms with Crippen molar-refractivity contribution < 1.29 is 22.8 Å². The fraction of sp³-hybridized carbons (Fsp3) is 0.448. The Kier molecular flexibility index (Phi) is 7.83. The first-order valence-corrected chi connectivity index (χ1v) is 13.5. The number of carbonyl (C=O) groups excluding carboxylic acids is 2. The highest BCUT2D eigenvalue weighted by atomic mass is 19.4.